The molecule has 1 N–H and O–H groups in total. The minimum absolute atomic E-state index is 0.00201. The van der Waals surface area contributed by atoms with Crippen LogP contribution in [0.5, 0.6) is 34.5 Å². The summed E-state index contributed by atoms with van der Waals surface area (Å²) in [6.07, 6.45) is 7.45. The third-order valence-corrected chi connectivity index (χ3v) is 10.5. The van der Waals surface area contributed by atoms with Gasteiger partial charge in [0.25, 0.3) is 0 Å². The van der Waals surface area contributed by atoms with Crippen molar-refractivity contribution in [2.45, 2.75) is 0 Å². The van der Waals surface area contributed by atoms with Gasteiger partial charge in [-0.1, -0.05) is 76.2 Å². The summed E-state index contributed by atoms with van der Waals surface area (Å²) in [5, 5.41) is 21.5. The molecule has 0 fully saturated rings. The number of carbonyl (C=O) groups excluding carboxylic acids is 2. The highest BCUT2D eigenvalue weighted by Crippen LogP contribution is 2.39. The highest BCUT2D eigenvalue weighted by molar-refractivity contribution is 8.76. The van der Waals surface area contributed by atoms with Crippen LogP contribution in [0.4, 0.5) is 15.3 Å². The number of ether oxygens (including phenoxy) is 8. The molecule has 0 aliphatic carbocycles. The molecule has 1 aliphatic heterocycles. The lowest BCUT2D eigenvalue weighted by atomic mass is 9.97. The van der Waals surface area contributed by atoms with Gasteiger partial charge in [-0.3, -0.25) is 5.32 Å². The monoisotopic (exact) mass is 833 g/mol. The third-order valence-electron chi connectivity index (χ3n) is 8.19. The Hall–Kier alpha value is -6.94. The smallest absolute Gasteiger partial charge is 0.493 e. The van der Waals surface area contributed by atoms with Crippen LogP contribution in [0.2, 0.25) is 0 Å². The number of anilines is 1. The Labute approximate surface area is 349 Å². The summed E-state index contributed by atoms with van der Waals surface area (Å²) >= 11 is 0. The maximum absolute atomic E-state index is 12.5. The molecule has 1 heterocycles. The zero-order valence-electron chi connectivity index (χ0n) is 32.5. The quantitative estimate of drug-likeness (QED) is 0.0266. The largest absolute Gasteiger partial charge is 0.514 e. The Morgan fingerprint density at radius 2 is 1.31 bits per heavy atom. The molecule has 302 valence electrons. The summed E-state index contributed by atoms with van der Waals surface area (Å²) in [6.45, 7) is 0.275. The van der Waals surface area contributed by atoms with Crippen LogP contribution in [0.3, 0.4) is 0 Å². The SMILES string of the molecule is COc1ccc(/C=C\c2cc(OC)c(OC)c(OC)c2)cc1OC(=O)OCCSSCCOC(=O)Nc1ccc(/C=C/C2=CC(=C(C#N)C#N)c3ccccc3O2)cc1. The van der Waals surface area contributed by atoms with E-state index in [-0.39, 0.29) is 24.5 Å². The number of amides is 1. The van der Waals surface area contributed by atoms with Gasteiger partial charge in [-0.15, -0.1) is 0 Å². The van der Waals surface area contributed by atoms with Crippen molar-refractivity contribution in [1.29, 1.82) is 10.5 Å². The van der Waals surface area contributed by atoms with Gasteiger partial charge in [-0.2, -0.15) is 10.5 Å². The Balaban J connectivity index is 0.992. The number of benzene rings is 4. The highest BCUT2D eigenvalue weighted by atomic mass is 33.1. The lowest BCUT2D eigenvalue weighted by molar-refractivity contribution is 0.104. The van der Waals surface area contributed by atoms with Crippen molar-refractivity contribution in [3.05, 3.63) is 125 Å². The fraction of sp³-hybridized carbons (Fsp3) is 0.182. The van der Waals surface area contributed by atoms with Crippen LogP contribution in [0.15, 0.2) is 102 Å². The Kier molecular flexibility index (Phi) is 16.2. The van der Waals surface area contributed by atoms with E-state index >= 15 is 0 Å². The molecule has 0 radical (unpaired) electrons. The van der Waals surface area contributed by atoms with Gasteiger partial charge in [0.2, 0.25) is 5.75 Å². The number of para-hydroxylation sites is 1. The first-order chi connectivity index (χ1) is 28.8. The summed E-state index contributed by atoms with van der Waals surface area (Å²) in [6, 6.07) is 27.0. The minimum atomic E-state index is -0.872. The van der Waals surface area contributed by atoms with Gasteiger partial charge in [0, 0.05) is 28.3 Å². The second-order valence-electron chi connectivity index (χ2n) is 11.9. The number of allylic oxidation sites excluding steroid dienone is 4. The van der Waals surface area contributed by atoms with E-state index < -0.39 is 12.2 Å². The van der Waals surface area contributed by atoms with E-state index in [1.807, 2.05) is 72.8 Å². The molecule has 59 heavy (non-hydrogen) atoms. The van der Waals surface area contributed by atoms with Gasteiger partial charge in [0.05, 0.1) is 28.4 Å². The molecule has 0 bridgehead atoms. The maximum atomic E-state index is 12.5. The predicted octanol–water partition coefficient (Wildman–Crippen LogP) is 9.83. The van der Waals surface area contributed by atoms with Gasteiger partial charge < -0.3 is 37.9 Å². The Morgan fingerprint density at radius 3 is 1.97 bits per heavy atom. The van der Waals surface area contributed by atoms with E-state index in [0.717, 1.165) is 16.7 Å². The van der Waals surface area contributed by atoms with Crippen molar-refractivity contribution >= 4 is 63.3 Å². The first kappa shape index (κ1) is 43.2. The second-order valence-corrected chi connectivity index (χ2v) is 14.6. The summed E-state index contributed by atoms with van der Waals surface area (Å²) in [5.41, 5.74) is 4.10. The summed E-state index contributed by atoms with van der Waals surface area (Å²) in [5.74, 6) is 4.12. The average Bonchev–Trinajstić information content (AvgIpc) is 3.26. The molecule has 1 aliphatic rings. The fourth-order valence-electron chi connectivity index (χ4n) is 5.43. The molecule has 0 spiro atoms. The van der Waals surface area contributed by atoms with Crippen molar-refractivity contribution < 1.29 is 47.5 Å². The van der Waals surface area contributed by atoms with Crippen LogP contribution in [0.25, 0.3) is 23.8 Å². The Bertz CT molecular complexity index is 2300. The molecule has 1 amide bonds. The normalized spacial score (nSPS) is 11.6. The van der Waals surface area contributed by atoms with Crippen LogP contribution in [0, 0.1) is 22.7 Å². The highest BCUT2D eigenvalue weighted by Gasteiger charge is 2.19. The van der Waals surface area contributed by atoms with E-state index in [9.17, 15) is 20.1 Å². The molecule has 5 rings (SSSR count). The summed E-state index contributed by atoms with van der Waals surface area (Å²) < 4.78 is 43.5. The van der Waals surface area contributed by atoms with E-state index in [1.165, 1.54) is 28.7 Å². The maximum Gasteiger partial charge on any atom is 0.514 e. The molecule has 15 heteroatoms. The molecule has 4 aromatic rings. The third kappa shape index (κ3) is 12.3. The van der Waals surface area contributed by atoms with Crippen LogP contribution < -0.4 is 33.7 Å². The number of rotatable bonds is 17. The number of nitrogens with one attached hydrogen (secondary N) is 1. The molecule has 0 atom stereocenters. The average molecular weight is 834 g/mol. The van der Waals surface area contributed by atoms with E-state index in [4.69, 9.17) is 37.9 Å². The van der Waals surface area contributed by atoms with Gasteiger partial charge in [0.1, 0.15) is 42.4 Å². The topological polar surface area (TPSA) is 168 Å². The van der Waals surface area contributed by atoms with Crippen molar-refractivity contribution in [2.24, 2.45) is 0 Å². The number of fused-ring (bicyclic) bond motifs is 1. The molecular weight excluding hydrogens is 795 g/mol. The van der Waals surface area contributed by atoms with Gasteiger partial charge in [-0.05, 0) is 71.3 Å². The number of nitrogens with zero attached hydrogens (tertiary/aromatic N) is 2. The zero-order chi connectivity index (χ0) is 42.0. The predicted molar refractivity (Wildman–Crippen MR) is 229 cm³/mol. The lowest BCUT2D eigenvalue weighted by Crippen LogP contribution is -2.15. The van der Waals surface area contributed by atoms with Crippen molar-refractivity contribution in [1.82, 2.24) is 0 Å². The molecule has 0 aromatic heterocycles. The van der Waals surface area contributed by atoms with E-state index in [1.54, 1.807) is 69.9 Å². The zero-order valence-corrected chi connectivity index (χ0v) is 34.1. The van der Waals surface area contributed by atoms with Crippen molar-refractivity contribution in [2.75, 3.05) is 58.5 Å². The molecule has 0 saturated carbocycles. The Morgan fingerprint density at radius 1 is 0.695 bits per heavy atom. The van der Waals surface area contributed by atoms with Gasteiger partial charge in [-0.25, -0.2) is 9.59 Å². The van der Waals surface area contributed by atoms with Crippen LogP contribution in [-0.4, -0.2) is 65.4 Å². The minimum Gasteiger partial charge on any atom is -0.493 e. The summed E-state index contributed by atoms with van der Waals surface area (Å²) in [4.78, 5) is 24.8. The lowest BCUT2D eigenvalue weighted by Gasteiger charge is -2.18. The van der Waals surface area contributed by atoms with Crippen molar-refractivity contribution in [3.8, 4) is 46.6 Å². The standard InChI is InChI=1S/C44H39N3O10S2/c1-50-38-18-14-30(9-10-31-24-40(51-2)42(53-4)41(25-31)52-3)23-39(38)57-44(49)55-20-22-59-58-21-19-54-43(48)47-33-15-11-29(12-16-33)13-17-34-26-36(32(27-45)28-46)35-7-5-6-8-37(35)56-34/h5-18,23-26H,19-22H2,1-4H3,(H,47,48)/b10-9-,17-13+. The van der Waals surface area contributed by atoms with Gasteiger partial charge >= 0.3 is 12.2 Å². The second kappa shape index (κ2) is 22.1. The molecular formula is C44H39N3O10S2. The first-order valence-electron chi connectivity index (χ1n) is 17.8. The number of methoxy groups -OCH3 is 4. The van der Waals surface area contributed by atoms with Gasteiger partial charge in [0.15, 0.2) is 23.0 Å². The number of hydrogen-bond acceptors (Lipinski definition) is 14. The van der Waals surface area contributed by atoms with Crippen LogP contribution >= 0.6 is 21.6 Å². The van der Waals surface area contributed by atoms with Crippen LogP contribution in [0.1, 0.15) is 22.3 Å². The van der Waals surface area contributed by atoms with Crippen LogP contribution in [-0.2, 0) is 9.47 Å². The van der Waals surface area contributed by atoms with E-state index in [2.05, 4.69) is 5.32 Å². The van der Waals surface area contributed by atoms with Crippen molar-refractivity contribution in [3.63, 3.8) is 0 Å². The summed E-state index contributed by atoms with van der Waals surface area (Å²) in [7, 11) is 9.04. The molecule has 0 unspecified atom stereocenters. The number of hydrogen-bond donors (Lipinski definition) is 1. The molecule has 0 saturated heterocycles. The first-order valence-corrected chi connectivity index (χ1v) is 20.3. The number of nitriles is 2. The number of carbonyl (C=O) groups is 2. The fourth-order valence-corrected chi connectivity index (χ4v) is 7.08. The molecule has 13 nitrogen and oxygen atoms in total. The van der Waals surface area contributed by atoms with E-state index in [0.29, 0.717) is 62.8 Å². The molecule has 4 aromatic carbocycles.